The Labute approximate surface area is 126 Å². The van der Waals surface area contributed by atoms with E-state index in [1.54, 1.807) is 0 Å². The summed E-state index contributed by atoms with van der Waals surface area (Å²) in [4.78, 5) is 9.25. The first-order valence-electron chi connectivity index (χ1n) is 4.48. The third-order valence-corrected chi connectivity index (χ3v) is 0.260. The minimum absolute atomic E-state index is 0. The molecule has 0 bridgehead atoms. The number of rotatable bonds is 2. The van der Waals surface area contributed by atoms with Crippen molar-refractivity contribution in [1.82, 2.24) is 5.32 Å². The van der Waals surface area contributed by atoms with Gasteiger partial charge < -0.3 is 21.9 Å². The van der Waals surface area contributed by atoms with Crippen LogP contribution in [0.4, 0.5) is 0 Å². The van der Waals surface area contributed by atoms with E-state index in [0.29, 0.717) is 0 Å². The van der Waals surface area contributed by atoms with Crippen LogP contribution in [-0.2, 0) is 4.79 Å². The number of hydrogen-bond acceptors (Lipinski definition) is 1. The summed E-state index contributed by atoms with van der Waals surface area (Å²) in [6.07, 6.45) is 4.30. The summed E-state index contributed by atoms with van der Waals surface area (Å²) in [5.74, 6) is 2.83. The van der Waals surface area contributed by atoms with Crippen molar-refractivity contribution in [2.45, 2.75) is 41.5 Å². The fourth-order valence-corrected chi connectivity index (χ4v) is 0.0929. The molecule has 0 aliphatic carbocycles. The van der Waals surface area contributed by atoms with Crippen molar-refractivity contribution >= 4 is 44.1 Å². The van der Waals surface area contributed by atoms with Crippen molar-refractivity contribution in [1.29, 1.82) is 0 Å². The molecule has 0 aromatic carbocycles. The van der Waals surface area contributed by atoms with E-state index in [1.807, 2.05) is 0 Å². The number of hydrogen-bond donors (Lipinski definition) is 1. The molecule has 0 aromatic heterocycles. The number of amides is 1. The molecule has 0 fully saturated rings. The van der Waals surface area contributed by atoms with E-state index < -0.39 is 0 Å². The predicted molar refractivity (Wildman–Crippen MR) is 69.6 cm³/mol. The largest absolute Gasteiger partial charge is 2.00 e. The molecule has 0 saturated carbocycles. The van der Waals surface area contributed by atoms with Crippen LogP contribution in [0.3, 0.4) is 0 Å². The molecule has 0 atom stereocenters. The summed E-state index contributed by atoms with van der Waals surface area (Å²) < 4.78 is 0. The fraction of sp³-hybridized carbons (Fsp3) is 0.500. The minimum Gasteiger partial charge on any atom is -0.497 e. The number of nitrogens with one attached hydrogen (secondary N) is 1. The standard InChI is InChI=1S/C4H5NO.2C4H9.Ca/c1-2-3-5-4-6;2*1-4(2)3;/h2-3H,1H2,(H,5,6);2*1-3H3;/q-2;2*-1;+2. The van der Waals surface area contributed by atoms with Gasteiger partial charge in [-0.1, -0.05) is 0 Å². The Balaban J connectivity index is -0.0000000606. The van der Waals surface area contributed by atoms with Gasteiger partial charge in [-0.2, -0.15) is 47.7 Å². The monoisotopic (exact) mass is 237 g/mol. The van der Waals surface area contributed by atoms with E-state index in [9.17, 15) is 4.79 Å². The Morgan fingerprint density at radius 1 is 1.07 bits per heavy atom. The van der Waals surface area contributed by atoms with E-state index >= 15 is 0 Å². The molecule has 0 rings (SSSR count). The molecule has 0 radical (unpaired) electrons. The fourth-order valence-electron chi connectivity index (χ4n) is 0.0929. The van der Waals surface area contributed by atoms with Gasteiger partial charge in [-0.15, -0.1) is 0 Å². The number of carbonyl (C=O) groups excluding carboxylic acids is 1. The van der Waals surface area contributed by atoms with Gasteiger partial charge in [0.2, 0.25) is 0 Å². The van der Waals surface area contributed by atoms with Crippen molar-refractivity contribution in [2.24, 2.45) is 0 Å². The molecule has 0 aromatic rings. The van der Waals surface area contributed by atoms with Gasteiger partial charge in [-0.25, -0.2) is 13.0 Å². The summed E-state index contributed by atoms with van der Waals surface area (Å²) in [6, 6.07) is 0. The maximum atomic E-state index is 9.25. The molecule has 0 saturated heterocycles. The van der Waals surface area contributed by atoms with Crippen LogP contribution in [0.5, 0.6) is 0 Å². The molecule has 2 nitrogen and oxygen atoms in total. The van der Waals surface area contributed by atoms with Gasteiger partial charge in [-0.3, -0.25) is 0 Å². The molecule has 0 unspecified atom stereocenters. The summed E-state index contributed by atoms with van der Waals surface area (Å²) in [7, 11) is 0. The van der Waals surface area contributed by atoms with Crippen LogP contribution in [-0.4, -0.2) is 44.1 Å². The maximum absolute atomic E-state index is 9.25. The van der Waals surface area contributed by atoms with Crippen LogP contribution in [0.1, 0.15) is 41.5 Å². The summed E-state index contributed by atoms with van der Waals surface area (Å²) in [5, 5.41) is 2.15. The molecule has 86 valence electrons. The van der Waals surface area contributed by atoms with Crippen molar-refractivity contribution in [3.8, 4) is 0 Å². The second-order valence-electron chi connectivity index (χ2n) is 3.65. The van der Waals surface area contributed by atoms with Gasteiger partial charge in [0.1, 0.15) is 0 Å². The third-order valence-electron chi connectivity index (χ3n) is 0.260. The molecule has 3 heteroatoms. The Morgan fingerprint density at radius 3 is 1.40 bits per heavy atom. The van der Waals surface area contributed by atoms with Crippen molar-refractivity contribution < 1.29 is 4.79 Å². The topological polar surface area (TPSA) is 29.1 Å². The van der Waals surface area contributed by atoms with Crippen LogP contribution < -0.4 is 5.32 Å². The van der Waals surface area contributed by atoms with E-state index in [0.717, 1.165) is 0 Å². The van der Waals surface area contributed by atoms with Gasteiger partial charge in [0.05, 0.1) is 6.41 Å². The molecular weight excluding hydrogens is 214 g/mol. The Hall–Kier alpha value is 0.340. The average molecular weight is 237 g/mol. The Kier molecular flexibility index (Phi) is 39.0. The zero-order valence-corrected chi connectivity index (χ0v) is 13.2. The second-order valence-corrected chi connectivity index (χ2v) is 3.65. The smallest absolute Gasteiger partial charge is 0.497 e. The summed E-state index contributed by atoms with van der Waals surface area (Å²) >= 11 is 0. The molecule has 1 N–H and O–H groups in total. The molecule has 0 heterocycles. The predicted octanol–water partition coefficient (Wildman–Crippen LogP) is 2.85. The first-order chi connectivity index (χ1) is 6.38. The van der Waals surface area contributed by atoms with Gasteiger partial charge in [0.25, 0.3) is 0 Å². The third kappa shape index (κ3) is 196. The first kappa shape index (κ1) is 24.5. The summed E-state index contributed by atoms with van der Waals surface area (Å²) in [5.41, 5.74) is 0. The molecule has 0 aliphatic rings. The number of allylic oxidation sites excluding steroid dienone is 1. The average Bonchev–Trinajstić information content (AvgIpc) is 1.98. The zero-order chi connectivity index (χ0) is 12.0. The van der Waals surface area contributed by atoms with E-state index in [-0.39, 0.29) is 37.7 Å². The summed E-state index contributed by atoms with van der Waals surface area (Å²) in [6.45, 7) is 15.8. The Morgan fingerprint density at radius 2 is 1.33 bits per heavy atom. The van der Waals surface area contributed by atoms with E-state index in [4.69, 9.17) is 0 Å². The van der Waals surface area contributed by atoms with E-state index in [1.165, 1.54) is 30.5 Å². The van der Waals surface area contributed by atoms with Crippen molar-refractivity contribution in [3.05, 3.63) is 31.0 Å². The normalized spacial score (nSPS) is 8.27. The molecule has 1 amide bonds. The molecule has 0 spiro atoms. The minimum atomic E-state index is 0. The van der Waals surface area contributed by atoms with Crippen LogP contribution in [0.25, 0.3) is 0 Å². The van der Waals surface area contributed by atoms with Crippen LogP contribution in [0, 0.1) is 18.8 Å². The van der Waals surface area contributed by atoms with Gasteiger partial charge in [0, 0.05) is 0 Å². The van der Waals surface area contributed by atoms with E-state index in [2.05, 4.69) is 53.8 Å². The van der Waals surface area contributed by atoms with Crippen LogP contribution >= 0.6 is 0 Å². The Bertz CT molecular complexity index is 111. The van der Waals surface area contributed by atoms with Gasteiger partial charge in [0.15, 0.2) is 0 Å². The zero-order valence-electron chi connectivity index (χ0n) is 11.0. The molecular formula is C12H23CaNO-2. The van der Waals surface area contributed by atoms with Crippen molar-refractivity contribution in [3.63, 3.8) is 0 Å². The van der Waals surface area contributed by atoms with Crippen LogP contribution in [0.15, 0.2) is 12.3 Å². The SMILES string of the molecule is C[C-](C)C.C[C-](C)C.[CH2-]C=CN[C-]=O.[Ca+2]. The maximum Gasteiger partial charge on any atom is 2.00 e. The molecule has 0 aliphatic heterocycles. The van der Waals surface area contributed by atoms with Gasteiger partial charge >= 0.3 is 37.7 Å². The van der Waals surface area contributed by atoms with Crippen molar-refractivity contribution in [2.75, 3.05) is 0 Å². The molecule has 15 heavy (non-hydrogen) atoms. The van der Waals surface area contributed by atoms with Gasteiger partial charge in [-0.05, 0) is 0 Å². The quantitative estimate of drug-likeness (QED) is 0.446. The second kappa shape index (κ2) is 23.9. The van der Waals surface area contributed by atoms with Crippen LogP contribution in [0.2, 0.25) is 0 Å². The first-order valence-corrected chi connectivity index (χ1v) is 4.48.